The zero-order valence-electron chi connectivity index (χ0n) is 10.4. The number of rotatable bonds is 2. The molecule has 2 rings (SSSR count). The molecule has 1 aromatic rings. The second-order valence-electron chi connectivity index (χ2n) is 4.46. The van der Waals surface area contributed by atoms with E-state index >= 15 is 0 Å². The first-order valence-corrected chi connectivity index (χ1v) is 8.11. The number of hydrogen-bond acceptors (Lipinski definition) is 4. The molecule has 0 radical (unpaired) electrons. The smallest absolute Gasteiger partial charge is 0.243 e. The van der Waals surface area contributed by atoms with Crippen molar-refractivity contribution < 1.29 is 8.42 Å². The van der Waals surface area contributed by atoms with Gasteiger partial charge in [0.15, 0.2) is 0 Å². The van der Waals surface area contributed by atoms with Crippen LogP contribution in [0.25, 0.3) is 0 Å². The number of sulfonamides is 1. The van der Waals surface area contributed by atoms with Crippen LogP contribution in [0.15, 0.2) is 27.6 Å². The highest BCUT2D eigenvalue weighted by Gasteiger charge is 2.31. The van der Waals surface area contributed by atoms with Crippen molar-refractivity contribution in [3.8, 4) is 6.07 Å². The predicted molar refractivity (Wildman–Crippen MR) is 75.1 cm³/mol. The van der Waals surface area contributed by atoms with E-state index < -0.39 is 10.0 Å². The Morgan fingerprint density at radius 1 is 1.47 bits per heavy atom. The Labute approximate surface area is 121 Å². The Morgan fingerprint density at radius 2 is 2.21 bits per heavy atom. The molecule has 0 aliphatic carbocycles. The van der Waals surface area contributed by atoms with Crippen molar-refractivity contribution in [2.45, 2.75) is 17.9 Å². The molecule has 5 nitrogen and oxygen atoms in total. The number of halogens is 1. The van der Waals surface area contributed by atoms with Crippen LogP contribution in [0, 0.1) is 11.3 Å². The molecule has 19 heavy (non-hydrogen) atoms. The van der Waals surface area contributed by atoms with Crippen LogP contribution < -0.4 is 5.32 Å². The summed E-state index contributed by atoms with van der Waals surface area (Å²) in [6.45, 7) is 3.59. The summed E-state index contributed by atoms with van der Waals surface area (Å²) in [5.41, 5.74) is 0.329. The van der Waals surface area contributed by atoms with E-state index in [0.717, 1.165) is 0 Å². The summed E-state index contributed by atoms with van der Waals surface area (Å²) in [6.07, 6.45) is 0. The third-order valence-electron chi connectivity index (χ3n) is 3.05. The fourth-order valence-corrected chi connectivity index (χ4v) is 4.44. The maximum Gasteiger partial charge on any atom is 0.243 e. The van der Waals surface area contributed by atoms with Gasteiger partial charge in [0.2, 0.25) is 10.0 Å². The average molecular weight is 344 g/mol. The van der Waals surface area contributed by atoms with Crippen LogP contribution in [0.1, 0.15) is 12.5 Å². The molecule has 0 bridgehead atoms. The van der Waals surface area contributed by atoms with E-state index in [1.165, 1.54) is 16.4 Å². The van der Waals surface area contributed by atoms with Gasteiger partial charge in [0.25, 0.3) is 0 Å². The Hall–Kier alpha value is -0.940. The molecule has 7 heteroatoms. The Bertz CT molecular complexity index is 624. The SMILES string of the molecule is C[C@H]1CNCCN1S(=O)(=O)c1cc(Br)cc(C#N)c1. The maximum atomic E-state index is 12.6. The standard InChI is InChI=1S/C12H14BrN3O2S/c1-9-8-15-2-3-16(9)19(17,18)12-5-10(7-14)4-11(13)6-12/h4-6,9,15H,2-3,8H2,1H3/t9-/m0/s1. The highest BCUT2D eigenvalue weighted by Crippen LogP contribution is 2.24. The molecule has 0 spiro atoms. The van der Waals surface area contributed by atoms with Gasteiger partial charge in [-0.25, -0.2) is 8.42 Å². The van der Waals surface area contributed by atoms with E-state index in [4.69, 9.17) is 5.26 Å². The molecule has 0 aromatic heterocycles. The number of benzene rings is 1. The van der Waals surface area contributed by atoms with Crippen LogP contribution in [-0.4, -0.2) is 38.4 Å². The van der Waals surface area contributed by atoms with Gasteiger partial charge in [-0.3, -0.25) is 0 Å². The second-order valence-corrected chi connectivity index (χ2v) is 7.26. The molecule has 1 saturated heterocycles. The number of nitrogens with zero attached hydrogens (tertiary/aromatic N) is 2. The lowest BCUT2D eigenvalue weighted by Gasteiger charge is -2.32. The van der Waals surface area contributed by atoms with Crippen LogP contribution in [0.3, 0.4) is 0 Å². The number of hydrogen-bond donors (Lipinski definition) is 1. The van der Waals surface area contributed by atoms with Gasteiger partial charge in [-0.05, 0) is 25.1 Å². The summed E-state index contributed by atoms with van der Waals surface area (Å²) in [5.74, 6) is 0. The highest BCUT2D eigenvalue weighted by molar-refractivity contribution is 9.10. The summed E-state index contributed by atoms with van der Waals surface area (Å²) in [7, 11) is -3.55. The maximum absolute atomic E-state index is 12.6. The van der Waals surface area contributed by atoms with Crippen molar-refractivity contribution in [1.82, 2.24) is 9.62 Å². The molecule has 1 aromatic carbocycles. The van der Waals surface area contributed by atoms with Gasteiger partial charge in [-0.15, -0.1) is 0 Å². The summed E-state index contributed by atoms with van der Waals surface area (Å²) in [5, 5.41) is 12.1. The summed E-state index contributed by atoms with van der Waals surface area (Å²) in [6, 6.07) is 6.42. The van der Waals surface area contributed by atoms with Crippen LogP contribution >= 0.6 is 15.9 Å². The van der Waals surface area contributed by atoms with Crippen molar-refractivity contribution in [3.63, 3.8) is 0 Å². The molecular weight excluding hydrogens is 330 g/mol. The fourth-order valence-electron chi connectivity index (χ4n) is 2.09. The lowest BCUT2D eigenvalue weighted by atomic mass is 10.2. The minimum atomic E-state index is -3.55. The molecule has 0 saturated carbocycles. The highest BCUT2D eigenvalue weighted by atomic mass is 79.9. The van der Waals surface area contributed by atoms with Crippen LogP contribution in [0.2, 0.25) is 0 Å². The quantitative estimate of drug-likeness (QED) is 0.878. The molecule has 1 atom stereocenters. The van der Waals surface area contributed by atoms with E-state index in [1.807, 2.05) is 13.0 Å². The van der Waals surface area contributed by atoms with Gasteiger partial charge in [-0.1, -0.05) is 15.9 Å². The third kappa shape index (κ3) is 2.98. The number of piperazine rings is 1. The van der Waals surface area contributed by atoms with Crippen molar-refractivity contribution in [1.29, 1.82) is 5.26 Å². The lowest BCUT2D eigenvalue weighted by Crippen LogP contribution is -2.52. The van der Waals surface area contributed by atoms with Crippen molar-refractivity contribution in [2.24, 2.45) is 0 Å². The molecule has 0 unspecified atom stereocenters. The Balaban J connectivity index is 2.44. The monoisotopic (exact) mass is 343 g/mol. The molecule has 1 fully saturated rings. The van der Waals surface area contributed by atoms with Gasteiger partial charge in [0.05, 0.1) is 16.5 Å². The number of nitriles is 1. The molecule has 0 amide bonds. The molecule has 1 aliphatic rings. The normalized spacial score (nSPS) is 21.0. The van der Waals surface area contributed by atoms with Gasteiger partial charge in [-0.2, -0.15) is 9.57 Å². The lowest BCUT2D eigenvalue weighted by molar-refractivity contribution is 0.284. The largest absolute Gasteiger partial charge is 0.314 e. The minimum absolute atomic E-state index is 0.0942. The summed E-state index contributed by atoms with van der Waals surface area (Å²) >= 11 is 3.24. The topological polar surface area (TPSA) is 73.2 Å². The molecule has 102 valence electrons. The molecular formula is C12H14BrN3O2S. The van der Waals surface area contributed by atoms with E-state index in [0.29, 0.717) is 29.7 Å². The first kappa shape index (κ1) is 14.5. The van der Waals surface area contributed by atoms with Crippen molar-refractivity contribution in [2.75, 3.05) is 19.6 Å². The van der Waals surface area contributed by atoms with E-state index in [1.54, 1.807) is 6.07 Å². The molecule has 1 N–H and O–H groups in total. The van der Waals surface area contributed by atoms with Crippen molar-refractivity contribution in [3.05, 3.63) is 28.2 Å². The predicted octanol–water partition coefficient (Wildman–Crippen LogP) is 1.30. The Kier molecular flexibility index (Phi) is 4.26. The van der Waals surface area contributed by atoms with Gasteiger partial charge in [0, 0.05) is 30.1 Å². The van der Waals surface area contributed by atoms with Crippen molar-refractivity contribution >= 4 is 26.0 Å². The zero-order valence-corrected chi connectivity index (χ0v) is 12.8. The summed E-state index contributed by atoms with van der Waals surface area (Å²) < 4.78 is 27.2. The first-order chi connectivity index (χ1) is 8.95. The van der Waals surface area contributed by atoms with Crippen LogP contribution in [0.5, 0.6) is 0 Å². The summed E-state index contributed by atoms with van der Waals surface area (Å²) in [4.78, 5) is 0.159. The molecule has 1 heterocycles. The van der Waals surface area contributed by atoms with Gasteiger partial charge < -0.3 is 5.32 Å². The van der Waals surface area contributed by atoms with E-state index in [2.05, 4.69) is 21.2 Å². The Morgan fingerprint density at radius 3 is 2.84 bits per heavy atom. The second kappa shape index (κ2) is 5.59. The average Bonchev–Trinajstić information content (AvgIpc) is 2.38. The van der Waals surface area contributed by atoms with Gasteiger partial charge >= 0.3 is 0 Å². The fraction of sp³-hybridized carbons (Fsp3) is 0.417. The van der Waals surface area contributed by atoms with Gasteiger partial charge in [0.1, 0.15) is 0 Å². The minimum Gasteiger partial charge on any atom is -0.314 e. The van der Waals surface area contributed by atoms with E-state index in [9.17, 15) is 8.42 Å². The van der Waals surface area contributed by atoms with Crippen LogP contribution in [0.4, 0.5) is 0 Å². The van der Waals surface area contributed by atoms with Crippen LogP contribution in [-0.2, 0) is 10.0 Å². The number of nitrogens with one attached hydrogen (secondary N) is 1. The zero-order chi connectivity index (χ0) is 14.0. The van der Waals surface area contributed by atoms with E-state index in [-0.39, 0.29) is 10.9 Å². The first-order valence-electron chi connectivity index (χ1n) is 5.88. The third-order valence-corrected chi connectivity index (χ3v) is 5.50. The molecule has 1 aliphatic heterocycles.